The van der Waals surface area contributed by atoms with Crippen LogP contribution in [0.25, 0.3) is 0 Å². The van der Waals surface area contributed by atoms with Crippen molar-refractivity contribution in [2.24, 2.45) is 5.92 Å². The molecule has 1 saturated carbocycles. The second kappa shape index (κ2) is 5.67. The van der Waals surface area contributed by atoms with Crippen LogP contribution < -0.4 is 10.9 Å². The van der Waals surface area contributed by atoms with Crippen molar-refractivity contribution >= 4 is 17.3 Å². The van der Waals surface area contributed by atoms with Crippen molar-refractivity contribution in [1.29, 1.82) is 0 Å². The molecule has 2 aromatic rings. The number of nitrogens with zero attached hydrogens (tertiary/aromatic N) is 2. The molecule has 0 unspecified atom stereocenters. The first-order chi connectivity index (χ1) is 9.72. The van der Waals surface area contributed by atoms with Gasteiger partial charge in [0, 0.05) is 17.6 Å². The zero-order chi connectivity index (χ0) is 13.9. The lowest BCUT2D eigenvalue weighted by molar-refractivity contribution is 0.639. The molecule has 5 heteroatoms. The Morgan fingerprint density at radius 3 is 2.85 bits per heavy atom. The third-order valence-electron chi connectivity index (χ3n) is 3.44. The molecule has 1 aliphatic rings. The predicted molar refractivity (Wildman–Crippen MR) is 80.3 cm³/mol. The van der Waals surface area contributed by atoms with Crippen molar-refractivity contribution in [3.05, 3.63) is 57.5 Å². The van der Waals surface area contributed by atoms with E-state index < -0.39 is 0 Å². The zero-order valence-corrected chi connectivity index (χ0v) is 11.8. The largest absolute Gasteiger partial charge is 0.383 e. The van der Waals surface area contributed by atoms with Gasteiger partial charge in [0.05, 0.1) is 18.4 Å². The van der Waals surface area contributed by atoms with Crippen molar-refractivity contribution in [1.82, 2.24) is 9.78 Å². The third kappa shape index (κ3) is 3.20. The Morgan fingerprint density at radius 1 is 1.35 bits per heavy atom. The number of benzene rings is 1. The summed E-state index contributed by atoms with van der Waals surface area (Å²) >= 11 is 6.09. The Hall–Kier alpha value is -1.81. The zero-order valence-electron chi connectivity index (χ0n) is 11.1. The molecule has 1 N–H and O–H groups in total. The van der Waals surface area contributed by atoms with E-state index in [9.17, 15) is 4.79 Å². The average molecular weight is 290 g/mol. The first kappa shape index (κ1) is 13.2. The molecule has 0 spiro atoms. The number of hydrogen-bond donors (Lipinski definition) is 1. The van der Waals surface area contributed by atoms with Crippen LogP contribution in [0.3, 0.4) is 0 Å². The molecular formula is C15H16ClN3O. The summed E-state index contributed by atoms with van der Waals surface area (Å²) in [6.45, 7) is 1.32. The molecule has 0 amide bonds. The minimum absolute atomic E-state index is 0.120. The number of aromatic nitrogens is 2. The van der Waals surface area contributed by atoms with Gasteiger partial charge in [-0.25, -0.2) is 4.68 Å². The summed E-state index contributed by atoms with van der Waals surface area (Å²) in [4.78, 5) is 12.0. The molecule has 1 fully saturated rings. The van der Waals surface area contributed by atoms with Crippen molar-refractivity contribution in [3.63, 3.8) is 0 Å². The highest BCUT2D eigenvalue weighted by Crippen LogP contribution is 2.28. The number of rotatable bonds is 5. The quantitative estimate of drug-likeness (QED) is 0.921. The minimum atomic E-state index is -0.120. The first-order valence-electron chi connectivity index (χ1n) is 6.77. The van der Waals surface area contributed by atoms with Crippen LogP contribution in [0.5, 0.6) is 0 Å². The summed E-state index contributed by atoms with van der Waals surface area (Å²) < 4.78 is 1.42. The smallest absolute Gasteiger partial charge is 0.269 e. The van der Waals surface area contributed by atoms with Crippen molar-refractivity contribution in [2.75, 3.05) is 11.9 Å². The van der Waals surface area contributed by atoms with E-state index >= 15 is 0 Å². The molecule has 104 valence electrons. The minimum Gasteiger partial charge on any atom is -0.383 e. The van der Waals surface area contributed by atoms with Gasteiger partial charge in [-0.2, -0.15) is 5.10 Å². The SMILES string of the molecule is O=c1cc(NCC2CC2)cnn1Cc1ccccc1Cl. The van der Waals surface area contributed by atoms with Gasteiger partial charge in [0.2, 0.25) is 0 Å². The van der Waals surface area contributed by atoms with Crippen LogP contribution in [0, 0.1) is 5.92 Å². The fourth-order valence-electron chi connectivity index (χ4n) is 2.02. The van der Waals surface area contributed by atoms with Gasteiger partial charge in [-0.3, -0.25) is 4.79 Å². The lowest BCUT2D eigenvalue weighted by Crippen LogP contribution is -2.23. The maximum atomic E-state index is 12.0. The van der Waals surface area contributed by atoms with E-state index in [1.165, 1.54) is 17.5 Å². The molecule has 1 aliphatic carbocycles. The van der Waals surface area contributed by atoms with E-state index in [1.807, 2.05) is 24.3 Å². The molecular weight excluding hydrogens is 274 g/mol. The molecule has 0 atom stereocenters. The highest BCUT2D eigenvalue weighted by atomic mass is 35.5. The lowest BCUT2D eigenvalue weighted by Gasteiger charge is -2.08. The molecule has 1 heterocycles. The van der Waals surface area contributed by atoms with Crippen LogP contribution in [0.2, 0.25) is 5.02 Å². The second-order valence-corrected chi connectivity index (χ2v) is 5.56. The van der Waals surface area contributed by atoms with Crippen LogP contribution in [0.1, 0.15) is 18.4 Å². The van der Waals surface area contributed by atoms with Crippen LogP contribution in [-0.4, -0.2) is 16.3 Å². The number of halogens is 1. The first-order valence-corrected chi connectivity index (χ1v) is 7.14. The fourth-order valence-corrected chi connectivity index (χ4v) is 2.22. The maximum Gasteiger partial charge on any atom is 0.269 e. The summed E-state index contributed by atoms with van der Waals surface area (Å²) in [6, 6.07) is 9.07. The standard InChI is InChI=1S/C15H16ClN3O/c16-14-4-2-1-3-12(14)10-19-15(20)7-13(9-18-19)17-8-11-5-6-11/h1-4,7,9,11,17H,5-6,8,10H2. The van der Waals surface area contributed by atoms with Crippen LogP contribution in [0.4, 0.5) is 5.69 Å². The van der Waals surface area contributed by atoms with Crippen LogP contribution >= 0.6 is 11.6 Å². The Kier molecular flexibility index (Phi) is 3.74. The van der Waals surface area contributed by atoms with Gasteiger partial charge in [0.1, 0.15) is 0 Å². The second-order valence-electron chi connectivity index (χ2n) is 5.16. The van der Waals surface area contributed by atoms with Crippen LogP contribution in [0.15, 0.2) is 41.3 Å². The molecule has 1 aromatic heterocycles. The Labute approximate surface area is 122 Å². The normalized spacial score (nSPS) is 14.2. The van der Waals surface area contributed by atoms with E-state index in [2.05, 4.69) is 10.4 Å². The number of anilines is 1. The highest BCUT2D eigenvalue weighted by molar-refractivity contribution is 6.31. The van der Waals surface area contributed by atoms with Crippen LogP contribution in [-0.2, 0) is 6.54 Å². The topological polar surface area (TPSA) is 46.9 Å². The van der Waals surface area contributed by atoms with Crippen molar-refractivity contribution < 1.29 is 0 Å². The van der Waals surface area contributed by atoms with Gasteiger partial charge in [-0.05, 0) is 30.4 Å². The van der Waals surface area contributed by atoms with Gasteiger partial charge < -0.3 is 5.32 Å². The Balaban J connectivity index is 1.73. The van der Waals surface area contributed by atoms with Gasteiger partial charge in [0.25, 0.3) is 5.56 Å². The van der Waals surface area contributed by atoms with Gasteiger partial charge in [-0.15, -0.1) is 0 Å². The van der Waals surface area contributed by atoms with E-state index in [1.54, 1.807) is 12.3 Å². The maximum absolute atomic E-state index is 12.0. The molecule has 0 saturated heterocycles. The van der Waals surface area contributed by atoms with Crippen molar-refractivity contribution in [3.8, 4) is 0 Å². The molecule has 0 aliphatic heterocycles. The van der Waals surface area contributed by atoms with Gasteiger partial charge in [0.15, 0.2) is 0 Å². The number of hydrogen-bond acceptors (Lipinski definition) is 3. The average Bonchev–Trinajstić information content (AvgIpc) is 3.26. The van der Waals surface area contributed by atoms with E-state index in [4.69, 9.17) is 11.6 Å². The number of nitrogens with one attached hydrogen (secondary N) is 1. The third-order valence-corrected chi connectivity index (χ3v) is 3.81. The highest BCUT2D eigenvalue weighted by Gasteiger charge is 2.20. The Bertz CT molecular complexity index is 664. The summed E-state index contributed by atoms with van der Waals surface area (Å²) in [5.74, 6) is 0.764. The van der Waals surface area contributed by atoms with E-state index in [0.29, 0.717) is 11.6 Å². The van der Waals surface area contributed by atoms with Gasteiger partial charge >= 0.3 is 0 Å². The summed E-state index contributed by atoms with van der Waals surface area (Å²) in [6.07, 6.45) is 4.26. The van der Waals surface area contributed by atoms with Crippen molar-refractivity contribution in [2.45, 2.75) is 19.4 Å². The molecule has 20 heavy (non-hydrogen) atoms. The van der Waals surface area contributed by atoms with E-state index in [-0.39, 0.29) is 5.56 Å². The molecule has 4 nitrogen and oxygen atoms in total. The predicted octanol–water partition coefficient (Wildman–Crippen LogP) is 2.77. The van der Waals surface area contributed by atoms with E-state index in [0.717, 1.165) is 23.7 Å². The summed E-state index contributed by atoms with van der Waals surface area (Å²) in [5, 5.41) is 8.09. The van der Waals surface area contributed by atoms with Gasteiger partial charge in [-0.1, -0.05) is 29.8 Å². The summed E-state index contributed by atoms with van der Waals surface area (Å²) in [7, 11) is 0. The molecule has 1 aromatic carbocycles. The molecule has 0 bridgehead atoms. The fraction of sp³-hybridized carbons (Fsp3) is 0.333. The summed E-state index contributed by atoms with van der Waals surface area (Å²) in [5.41, 5.74) is 1.56. The molecule has 0 radical (unpaired) electrons. The monoisotopic (exact) mass is 289 g/mol. The Morgan fingerprint density at radius 2 is 2.15 bits per heavy atom. The molecule has 3 rings (SSSR count). The lowest BCUT2D eigenvalue weighted by atomic mass is 10.2.